The minimum atomic E-state index is -4.49. The van der Waals surface area contributed by atoms with Crippen molar-refractivity contribution in [3.8, 4) is 11.3 Å². The van der Waals surface area contributed by atoms with Crippen molar-refractivity contribution in [2.75, 3.05) is 30.1 Å². The monoisotopic (exact) mass is 636 g/mol. The van der Waals surface area contributed by atoms with E-state index in [1.54, 1.807) is 30.3 Å². The second-order valence-electron chi connectivity index (χ2n) is 10.3. The Morgan fingerprint density at radius 3 is 2.36 bits per heavy atom. The number of thioether (sulfide) groups is 1. The second-order valence-corrected chi connectivity index (χ2v) is 11.4. The molecule has 3 aromatic carbocycles. The highest BCUT2D eigenvalue weighted by atomic mass is 32.2. The third kappa shape index (κ3) is 9.32. The fourth-order valence-electron chi connectivity index (χ4n) is 4.34. The number of halogens is 3. The van der Waals surface area contributed by atoms with Crippen molar-refractivity contribution in [2.24, 2.45) is 0 Å². The van der Waals surface area contributed by atoms with Crippen LogP contribution in [0.4, 0.5) is 24.5 Å². The molecule has 45 heavy (non-hydrogen) atoms. The zero-order valence-electron chi connectivity index (χ0n) is 24.5. The highest BCUT2D eigenvalue weighted by Crippen LogP contribution is 2.32. The molecule has 0 aliphatic carbocycles. The molecule has 0 saturated heterocycles. The molecule has 0 radical (unpaired) electrons. The zero-order chi connectivity index (χ0) is 32.6. The number of carbonyl (C=O) groups is 3. The number of aliphatic carboxylic acids is 1. The number of hydrogen-bond donors (Lipinski definition) is 3. The van der Waals surface area contributed by atoms with Crippen molar-refractivity contribution in [2.45, 2.75) is 24.9 Å². The normalized spacial score (nSPS) is 11.1. The molecule has 2 amide bonds. The van der Waals surface area contributed by atoms with Gasteiger partial charge in [-0.25, -0.2) is 0 Å². The molecule has 0 fully saturated rings. The first-order chi connectivity index (χ1) is 21.4. The first-order valence-corrected chi connectivity index (χ1v) is 15.0. The molecule has 234 valence electrons. The van der Waals surface area contributed by atoms with Gasteiger partial charge in [0, 0.05) is 60.7 Å². The summed E-state index contributed by atoms with van der Waals surface area (Å²) in [4.78, 5) is 43.4. The van der Waals surface area contributed by atoms with Gasteiger partial charge in [0.25, 0.3) is 11.8 Å². The molecule has 4 rings (SSSR count). The lowest BCUT2D eigenvalue weighted by Gasteiger charge is -2.18. The predicted octanol–water partition coefficient (Wildman–Crippen LogP) is 6.72. The van der Waals surface area contributed by atoms with Crippen LogP contribution in [0.2, 0.25) is 0 Å². The fourth-order valence-corrected chi connectivity index (χ4v) is 5.22. The van der Waals surface area contributed by atoms with E-state index in [1.165, 1.54) is 36.2 Å². The zero-order valence-corrected chi connectivity index (χ0v) is 25.3. The number of carbonyl (C=O) groups excluding carboxylic acids is 2. The highest BCUT2D eigenvalue weighted by molar-refractivity contribution is 7.98. The molecule has 4 aromatic rings. The summed E-state index contributed by atoms with van der Waals surface area (Å²) >= 11 is 1.47. The largest absolute Gasteiger partial charge is 0.481 e. The van der Waals surface area contributed by atoms with Gasteiger partial charge < -0.3 is 20.6 Å². The smallest absolute Gasteiger partial charge is 0.416 e. The molecule has 1 aromatic heterocycles. The first kappa shape index (κ1) is 33.1. The molecule has 0 spiro atoms. The average molecular weight is 637 g/mol. The number of carboxylic acid groups (broad SMARTS) is 1. The summed E-state index contributed by atoms with van der Waals surface area (Å²) in [5, 5.41) is 14.4. The lowest BCUT2D eigenvalue weighted by Crippen LogP contribution is -2.23. The van der Waals surface area contributed by atoms with Crippen LogP contribution in [-0.2, 0) is 23.3 Å². The molecular weight excluding hydrogens is 605 g/mol. The summed E-state index contributed by atoms with van der Waals surface area (Å²) in [6.45, 7) is -0.102. The van der Waals surface area contributed by atoms with E-state index < -0.39 is 23.6 Å². The van der Waals surface area contributed by atoms with E-state index in [-0.39, 0.29) is 24.4 Å². The lowest BCUT2D eigenvalue weighted by molar-refractivity contribution is -0.138. The lowest BCUT2D eigenvalue weighted by atomic mass is 10.0. The van der Waals surface area contributed by atoms with Crippen LogP contribution in [0.3, 0.4) is 0 Å². The van der Waals surface area contributed by atoms with Crippen molar-refractivity contribution in [3.05, 3.63) is 113 Å². The van der Waals surface area contributed by atoms with Gasteiger partial charge in [0.05, 0.1) is 23.4 Å². The predicted molar refractivity (Wildman–Crippen MR) is 169 cm³/mol. The summed E-state index contributed by atoms with van der Waals surface area (Å²) in [7, 11) is 3.73. The Hall–Kier alpha value is -4.84. The van der Waals surface area contributed by atoms with E-state index in [9.17, 15) is 27.6 Å². The Morgan fingerprint density at radius 2 is 1.62 bits per heavy atom. The maximum Gasteiger partial charge on any atom is 0.416 e. The molecule has 0 saturated carbocycles. The van der Waals surface area contributed by atoms with Crippen molar-refractivity contribution in [1.82, 2.24) is 10.3 Å². The van der Waals surface area contributed by atoms with E-state index >= 15 is 0 Å². The van der Waals surface area contributed by atoms with Crippen molar-refractivity contribution in [1.29, 1.82) is 0 Å². The summed E-state index contributed by atoms with van der Waals surface area (Å²) in [6.07, 6.45) is -2.98. The van der Waals surface area contributed by atoms with Gasteiger partial charge in [0.2, 0.25) is 0 Å². The van der Waals surface area contributed by atoms with Gasteiger partial charge >= 0.3 is 12.1 Å². The second kappa shape index (κ2) is 14.8. The summed E-state index contributed by atoms with van der Waals surface area (Å²) in [5.74, 6) is -0.695. The minimum absolute atomic E-state index is 0.0588. The Labute approximate surface area is 262 Å². The van der Waals surface area contributed by atoms with E-state index in [2.05, 4.69) is 15.6 Å². The fraction of sp³-hybridized carbons (Fsp3) is 0.212. The molecule has 0 aliphatic rings. The first-order valence-electron chi connectivity index (χ1n) is 13.8. The van der Waals surface area contributed by atoms with Crippen LogP contribution in [0.1, 0.15) is 43.8 Å². The molecule has 12 heteroatoms. The van der Waals surface area contributed by atoms with Crippen LogP contribution >= 0.6 is 11.8 Å². The van der Waals surface area contributed by atoms with Gasteiger partial charge in [0.1, 0.15) is 0 Å². The number of hydrogen-bond acceptors (Lipinski definition) is 6. The maximum absolute atomic E-state index is 13.3. The third-order valence-corrected chi connectivity index (χ3v) is 7.72. The van der Waals surface area contributed by atoms with E-state index in [1.807, 2.05) is 37.2 Å². The SMILES string of the molecule is CN(C)c1ccc(NC(=O)c2cccc(CSCCC(=O)O)c2)c(-c2cc(C(=O)NCc3cccc(C(F)(F)F)c3)ccn2)c1. The van der Waals surface area contributed by atoms with Crippen LogP contribution in [0.15, 0.2) is 85.1 Å². The van der Waals surface area contributed by atoms with Crippen molar-refractivity contribution in [3.63, 3.8) is 0 Å². The van der Waals surface area contributed by atoms with E-state index in [4.69, 9.17) is 5.11 Å². The number of nitrogens with zero attached hydrogens (tertiary/aromatic N) is 2. The third-order valence-electron chi connectivity index (χ3n) is 6.69. The van der Waals surface area contributed by atoms with Crippen LogP contribution in [-0.4, -0.2) is 47.7 Å². The number of rotatable bonds is 12. The maximum atomic E-state index is 13.3. The van der Waals surface area contributed by atoms with Crippen LogP contribution in [0.5, 0.6) is 0 Å². The molecule has 1 heterocycles. The van der Waals surface area contributed by atoms with Crippen molar-refractivity contribution >= 4 is 40.9 Å². The van der Waals surface area contributed by atoms with Gasteiger partial charge in [-0.05, 0) is 65.7 Å². The molecular formula is C33H31F3N4O4S. The summed E-state index contributed by atoms with van der Waals surface area (Å²) in [6, 6.07) is 20.3. The van der Waals surface area contributed by atoms with Crippen LogP contribution < -0.4 is 15.5 Å². The van der Waals surface area contributed by atoms with Gasteiger partial charge in [0.15, 0.2) is 0 Å². The number of pyridine rings is 1. The molecule has 0 unspecified atom stereocenters. The number of anilines is 2. The van der Waals surface area contributed by atoms with Crippen LogP contribution in [0, 0.1) is 0 Å². The Balaban J connectivity index is 1.53. The Bertz CT molecular complexity index is 1690. The van der Waals surface area contributed by atoms with Crippen LogP contribution in [0.25, 0.3) is 11.3 Å². The number of aromatic nitrogens is 1. The number of nitrogens with one attached hydrogen (secondary N) is 2. The average Bonchev–Trinajstić information content (AvgIpc) is 3.02. The topological polar surface area (TPSA) is 112 Å². The Kier molecular flexibility index (Phi) is 10.8. The van der Waals surface area contributed by atoms with E-state index in [0.29, 0.717) is 39.6 Å². The summed E-state index contributed by atoms with van der Waals surface area (Å²) in [5.41, 5.74) is 3.30. The van der Waals surface area contributed by atoms with E-state index in [0.717, 1.165) is 23.4 Å². The molecule has 0 bridgehead atoms. The number of benzene rings is 3. The quantitative estimate of drug-likeness (QED) is 0.148. The van der Waals surface area contributed by atoms with Gasteiger partial charge in [-0.15, -0.1) is 0 Å². The number of carboxylic acids is 1. The molecule has 3 N–H and O–H groups in total. The molecule has 8 nitrogen and oxygen atoms in total. The van der Waals surface area contributed by atoms with Gasteiger partial charge in [-0.2, -0.15) is 24.9 Å². The van der Waals surface area contributed by atoms with Gasteiger partial charge in [-0.1, -0.05) is 24.3 Å². The van der Waals surface area contributed by atoms with Gasteiger partial charge in [-0.3, -0.25) is 19.4 Å². The molecule has 0 atom stereocenters. The number of alkyl halides is 3. The molecule has 0 aliphatic heterocycles. The number of amides is 2. The summed E-state index contributed by atoms with van der Waals surface area (Å²) < 4.78 is 39.2. The minimum Gasteiger partial charge on any atom is -0.481 e. The standard InChI is InChI=1S/C33H31F3N4O4S/c1-40(2)26-9-10-28(39-32(44)23-7-3-6-22(15-23)20-45-14-12-30(41)42)27(18-26)29-17-24(11-13-37-29)31(43)38-19-21-5-4-8-25(16-21)33(34,35)36/h3-11,13,15-18H,12,14,19-20H2,1-2H3,(H,38,43)(H,39,44)(H,41,42). The highest BCUT2D eigenvalue weighted by Gasteiger charge is 2.30. The Morgan fingerprint density at radius 1 is 0.889 bits per heavy atom. The van der Waals surface area contributed by atoms with Crippen molar-refractivity contribution < 1.29 is 32.7 Å².